The molecule has 4 nitrogen and oxygen atoms in total. The molecule has 0 aromatic heterocycles. The van der Waals surface area contributed by atoms with Crippen molar-refractivity contribution in [2.75, 3.05) is 6.54 Å². The van der Waals surface area contributed by atoms with Gasteiger partial charge >= 0.3 is 6.03 Å². The quantitative estimate of drug-likeness (QED) is 0.379. The smallest absolute Gasteiger partial charge is 0.271 e. The summed E-state index contributed by atoms with van der Waals surface area (Å²) >= 11 is 4.56. The molecule has 0 aliphatic carbocycles. The van der Waals surface area contributed by atoms with E-state index in [0.29, 0.717) is 0 Å². The minimum absolute atomic E-state index is 0.127. The van der Waals surface area contributed by atoms with Crippen LogP contribution in [0.5, 0.6) is 0 Å². The largest absolute Gasteiger partial charge is 0.346 e. The van der Waals surface area contributed by atoms with Gasteiger partial charge in [0, 0.05) is 0 Å². The third-order valence-corrected chi connectivity index (χ3v) is 2.37. The number of hydrogen-bond acceptors (Lipinski definition) is 2. The summed E-state index contributed by atoms with van der Waals surface area (Å²) in [6.07, 6.45) is 0. The monoisotopic (exact) mass is 304 g/mol. The summed E-state index contributed by atoms with van der Waals surface area (Å²) in [7, 11) is 0. The van der Waals surface area contributed by atoms with Gasteiger partial charge < -0.3 is 0 Å². The fourth-order valence-corrected chi connectivity index (χ4v) is 1.53. The zero-order valence-corrected chi connectivity index (χ0v) is 7.92. The molecule has 0 unspecified atom stereocenters. The van der Waals surface area contributed by atoms with Crippen LogP contribution in [-0.4, -0.2) is 25.5 Å². The number of urea groups is 1. The Kier molecular flexibility index (Phi) is 1.94. The van der Waals surface area contributed by atoms with Gasteiger partial charge in [0.1, 0.15) is 6.54 Å². The van der Waals surface area contributed by atoms with Crippen LogP contribution in [-0.2, 0) is 4.79 Å². The Bertz CT molecular complexity index is 173. The van der Waals surface area contributed by atoms with E-state index in [1.54, 1.807) is 22.9 Å². The number of carbonyl (C=O) groups is 2. The van der Waals surface area contributed by atoms with E-state index in [2.05, 4.69) is 16.1 Å². The molecule has 0 bridgehead atoms. The predicted molar refractivity (Wildman–Crippen MR) is 41.9 cm³/mol. The maximum atomic E-state index is 10.7. The Morgan fingerprint density at radius 1 is 1.56 bits per heavy atom. The summed E-state index contributed by atoms with van der Waals surface area (Å²) in [4.78, 5) is 21.3. The van der Waals surface area contributed by atoms with Crippen molar-refractivity contribution >= 4 is 51.0 Å². The van der Waals surface area contributed by atoms with Gasteiger partial charge in [-0.3, -0.25) is 4.79 Å². The SMILES string of the molecule is O=C1CN(Br)C(=O)N1I. The Morgan fingerprint density at radius 3 is 2.22 bits per heavy atom. The first-order valence-electron chi connectivity index (χ1n) is 2.09. The molecule has 0 saturated carbocycles. The molecule has 0 aromatic rings. The highest BCUT2D eigenvalue weighted by atomic mass is 127. The van der Waals surface area contributed by atoms with E-state index in [1.807, 2.05) is 0 Å². The Morgan fingerprint density at radius 2 is 2.11 bits per heavy atom. The summed E-state index contributed by atoms with van der Waals surface area (Å²) < 4.78 is 2.22. The zero-order chi connectivity index (χ0) is 7.02. The van der Waals surface area contributed by atoms with E-state index >= 15 is 0 Å². The number of halogens is 2. The van der Waals surface area contributed by atoms with Crippen molar-refractivity contribution < 1.29 is 9.59 Å². The maximum absolute atomic E-state index is 10.7. The van der Waals surface area contributed by atoms with Crippen molar-refractivity contribution in [3.05, 3.63) is 0 Å². The van der Waals surface area contributed by atoms with Gasteiger partial charge in [0.25, 0.3) is 5.91 Å². The number of carbonyl (C=O) groups excluding carboxylic acids is 2. The standard InChI is InChI=1S/C3H2BrIN2O2/c4-6-1-2(8)7(5)3(6)9/h1H2. The van der Waals surface area contributed by atoms with Gasteiger partial charge in [-0.1, -0.05) is 0 Å². The Labute approximate surface area is 74.0 Å². The molecule has 0 spiro atoms. The van der Waals surface area contributed by atoms with E-state index in [-0.39, 0.29) is 18.5 Å². The highest BCUT2D eigenvalue weighted by Gasteiger charge is 2.32. The lowest BCUT2D eigenvalue weighted by Gasteiger charge is -2.00. The second-order valence-electron chi connectivity index (χ2n) is 1.48. The van der Waals surface area contributed by atoms with Crippen LogP contribution < -0.4 is 0 Å². The van der Waals surface area contributed by atoms with Crippen molar-refractivity contribution in [1.29, 1.82) is 0 Å². The van der Waals surface area contributed by atoms with E-state index < -0.39 is 0 Å². The summed E-state index contributed by atoms with van der Waals surface area (Å²) in [5.41, 5.74) is 0. The number of hydrogen-bond donors (Lipinski definition) is 0. The molecular formula is C3H2BrIN2O2. The highest BCUT2D eigenvalue weighted by Crippen LogP contribution is 2.17. The average Bonchev–Trinajstić information content (AvgIpc) is 1.98. The van der Waals surface area contributed by atoms with Crippen molar-refractivity contribution in [3.8, 4) is 0 Å². The van der Waals surface area contributed by atoms with Crippen LogP contribution in [0.15, 0.2) is 0 Å². The number of imide groups is 1. The van der Waals surface area contributed by atoms with Gasteiger partial charge in [-0.25, -0.2) is 8.72 Å². The van der Waals surface area contributed by atoms with Crippen LogP contribution in [0.2, 0.25) is 0 Å². The van der Waals surface area contributed by atoms with Crippen molar-refractivity contribution in [2.24, 2.45) is 0 Å². The normalized spacial score (nSPS) is 19.8. The molecule has 0 N–H and O–H groups in total. The summed E-state index contributed by atoms with van der Waals surface area (Å²) in [6, 6.07) is -0.319. The number of nitrogens with zero attached hydrogens (tertiary/aromatic N) is 2. The molecule has 1 fully saturated rings. The molecule has 0 atom stereocenters. The third-order valence-electron chi connectivity index (χ3n) is 0.869. The molecule has 9 heavy (non-hydrogen) atoms. The zero-order valence-electron chi connectivity index (χ0n) is 4.17. The molecule has 6 heteroatoms. The van der Waals surface area contributed by atoms with Gasteiger partial charge in [0.15, 0.2) is 0 Å². The Balaban J connectivity index is 2.77. The second-order valence-corrected chi connectivity index (χ2v) is 3.30. The van der Waals surface area contributed by atoms with Crippen LogP contribution in [0.25, 0.3) is 0 Å². The maximum Gasteiger partial charge on any atom is 0.346 e. The first-order chi connectivity index (χ1) is 4.13. The summed E-state index contributed by atoms with van der Waals surface area (Å²) in [5.74, 6) is -0.197. The first-order valence-corrected chi connectivity index (χ1v) is 3.76. The lowest BCUT2D eigenvalue weighted by atomic mass is 10.7. The van der Waals surface area contributed by atoms with Gasteiger partial charge in [0.05, 0.1) is 39.0 Å². The van der Waals surface area contributed by atoms with Crippen LogP contribution in [0.4, 0.5) is 4.79 Å². The van der Waals surface area contributed by atoms with Crippen LogP contribution in [0, 0.1) is 0 Å². The van der Waals surface area contributed by atoms with Crippen molar-refractivity contribution in [3.63, 3.8) is 0 Å². The van der Waals surface area contributed by atoms with E-state index in [9.17, 15) is 9.59 Å². The number of rotatable bonds is 0. The van der Waals surface area contributed by atoms with Crippen LogP contribution in [0.3, 0.4) is 0 Å². The Hall–Kier alpha value is 0.150. The lowest BCUT2D eigenvalue weighted by molar-refractivity contribution is -0.120. The van der Waals surface area contributed by atoms with E-state index in [1.165, 1.54) is 3.93 Å². The van der Waals surface area contributed by atoms with Gasteiger partial charge in [0.2, 0.25) is 0 Å². The molecule has 50 valence electrons. The van der Waals surface area contributed by atoms with Crippen LogP contribution >= 0.6 is 39.0 Å². The van der Waals surface area contributed by atoms with Gasteiger partial charge in [-0.05, 0) is 0 Å². The molecule has 3 amide bonds. The minimum Gasteiger partial charge on any atom is -0.271 e. The molecule has 1 saturated heterocycles. The molecule has 0 radical (unpaired) electrons. The average molecular weight is 305 g/mol. The van der Waals surface area contributed by atoms with Gasteiger partial charge in [-0.2, -0.15) is 3.11 Å². The van der Waals surface area contributed by atoms with Gasteiger partial charge in [-0.15, -0.1) is 0 Å². The van der Waals surface area contributed by atoms with Crippen molar-refractivity contribution in [2.45, 2.75) is 0 Å². The topological polar surface area (TPSA) is 40.6 Å². The molecule has 1 rings (SSSR count). The van der Waals surface area contributed by atoms with Crippen molar-refractivity contribution in [1.82, 2.24) is 7.04 Å². The molecule has 0 aromatic carbocycles. The van der Waals surface area contributed by atoms with E-state index in [0.717, 1.165) is 3.11 Å². The molecule has 1 aliphatic rings. The highest BCUT2D eigenvalue weighted by molar-refractivity contribution is 14.1. The second kappa shape index (κ2) is 2.41. The predicted octanol–water partition coefficient (Wildman–Crippen LogP) is 0.911. The summed E-state index contributed by atoms with van der Waals surface area (Å²) in [5, 5.41) is 0. The van der Waals surface area contributed by atoms with E-state index in [4.69, 9.17) is 0 Å². The molecule has 1 heterocycles. The molecule has 1 aliphatic heterocycles. The fraction of sp³-hybridized carbons (Fsp3) is 0.333. The third kappa shape index (κ3) is 1.18. The number of amides is 3. The summed E-state index contributed by atoms with van der Waals surface area (Å²) in [6.45, 7) is 0.127. The molecular weight excluding hydrogens is 303 g/mol. The first kappa shape index (κ1) is 7.26. The fourth-order valence-electron chi connectivity index (χ4n) is 0.450. The lowest BCUT2D eigenvalue weighted by Crippen LogP contribution is -2.18. The minimum atomic E-state index is -0.319. The van der Waals surface area contributed by atoms with Crippen LogP contribution in [0.1, 0.15) is 0 Å².